The number of urea groups is 1. The fourth-order valence-corrected chi connectivity index (χ4v) is 34.9. The Labute approximate surface area is 890 Å². The highest BCUT2D eigenvalue weighted by atomic mass is 32.1. The molecule has 19 aliphatic rings. The second-order valence-electron chi connectivity index (χ2n) is 51.4. The second-order valence-corrected chi connectivity index (χ2v) is 51.7. The first-order chi connectivity index (χ1) is 70.7. The first-order valence-corrected chi connectivity index (χ1v) is 58.7. The number of carbonyl (C=O) groups excluding carboxylic acids is 3. The summed E-state index contributed by atoms with van der Waals surface area (Å²) in [6.07, 6.45) is 32.3. The van der Waals surface area contributed by atoms with E-state index < -0.39 is 0 Å². The lowest BCUT2D eigenvalue weighted by Gasteiger charge is -2.55. The molecular weight excluding hydrogens is 1830 g/mol. The molecular formula is C129H180N14O3S. The predicted molar refractivity (Wildman–Crippen MR) is 607 cm³/mol. The summed E-state index contributed by atoms with van der Waals surface area (Å²) in [5.74, 6) is 5.16. The fraction of sp³-hybridized carbons (Fsp3) is 0.628. The van der Waals surface area contributed by atoms with Crippen LogP contribution in [0.4, 0.5) is 10.5 Å². The second kappa shape index (κ2) is 42.3. The van der Waals surface area contributed by atoms with Crippen molar-refractivity contribution in [1.82, 2.24) is 64.1 Å². The third kappa shape index (κ3) is 19.5. The molecule has 12 heterocycles. The minimum absolute atomic E-state index is 0.0421. The zero-order valence-electron chi connectivity index (χ0n) is 93.2. The lowest BCUT2D eigenvalue weighted by Crippen LogP contribution is -2.60. The van der Waals surface area contributed by atoms with Gasteiger partial charge >= 0.3 is 6.03 Å². The molecule has 7 aromatic carbocycles. The number of likely N-dealkylation sites (N-methyl/N-ethyl adjacent to an activating group) is 6. The number of hydrogen-bond donors (Lipinski definition) is 2. The van der Waals surface area contributed by atoms with E-state index in [1.54, 1.807) is 61.2 Å². The molecule has 4 amide bonds. The number of thiocarbonyl (C=S) groups is 1. The van der Waals surface area contributed by atoms with Crippen molar-refractivity contribution in [1.29, 1.82) is 0 Å². The number of benzene rings is 7. The van der Waals surface area contributed by atoms with E-state index in [0.29, 0.717) is 93.3 Å². The summed E-state index contributed by atoms with van der Waals surface area (Å²) < 4.78 is 0. The average Bonchev–Trinajstić information content (AvgIpc) is 1.76. The minimum Gasteiger partial charge on any atom is -0.375 e. The van der Waals surface area contributed by atoms with Gasteiger partial charge in [0.25, 0.3) is 0 Å². The molecule has 7 aliphatic carbocycles. The molecule has 18 heteroatoms. The van der Waals surface area contributed by atoms with Crippen LogP contribution in [0, 0.1) is 88.9 Å². The summed E-state index contributed by atoms with van der Waals surface area (Å²) in [5.41, 5.74) is 31.9. The van der Waals surface area contributed by atoms with E-state index in [1.807, 2.05) is 51.2 Å². The van der Waals surface area contributed by atoms with Crippen LogP contribution < -0.4 is 10.6 Å². The molecule has 0 aromatic heterocycles. The van der Waals surface area contributed by atoms with Gasteiger partial charge in [-0.1, -0.05) is 181 Å². The Bertz CT molecular complexity index is 5880. The molecule has 7 aromatic rings. The molecule has 26 rings (SSSR count). The van der Waals surface area contributed by atoms with Crippen LogP contribution in [0.15, 0.2) is 152 Å². The van der Waals surface area contributed by atoms with Gasteiger partial charge in [-0.3, -0.25) is 9.59 Å². The zero-order chi connectivity index (χ0) is 103. The minimum atomic E-state index is 0.0421. The third-order valence-electron chi connectivity index (χ3n) is 42.7. The van der Waals surface area contributed by atoms with Gasteiger partial charge in [0, 0.05) is 201 Å². The fourth-order valence-electron chi connectivity index (χ4n) is 34.7. The van der Waals surface area contributed by atoms with E-state index >= 15 is 0 Å². The Kier molecular flexibility index (Phi) is 30.0. The number of anilines is 1. The maximum Gasteiger partial charge on any atom is 0.321 e. The highest BCUT2D eigenvalue weighted by Crippen LogP contribution is 2.61. The molecule has 0 radical (unpaired) electrons. The lowest BCUT2D eigenvalue weighted by molar-refractivity contribution is -0.138. The number of amides is 4. The zero-order valence-corrected chi connectivity index (χ0v) is 94.0. The molecule has 12 bridgehead atoms. The largest absolute Gasteiger partial charge is 0.375 e. The summed E-state index contributed by atoms with van der Waals surface area (Å²) >= 11 is 5.56. The number of aryl methyl sites for hydroxylation is 6. The number of hydrogen-bond acceptors (Lipinski definition) is 12. The van der Waals surface area contributed by atoms with Crippen molar-refractivity contribution in [3.63, 3.8) is 0 Å². The monoisotopic (exact) mass is 2010 g/mol. The average molecular weight is 2010 g/mol. The van der Waals surface area contributed by atoms with Crippen LogP contribution in [0.3, 0.4) is 0 Å². The van der Waals surface area contributed by atoms with Gasteiger partial charge in [-0.25, -0.2) is 4.79 Å². The molecule has 1 saturated carbocycles. The van der Waals surface area contributed by atoms with Crippen molar-refractivity contribution in [2.45, 2.75) is 298 Å². The number of nitrogens with one attached hydrogen (secondary N) is 2. The number of piperidine rings is 6. The van der Waals surface area contributed by atoms with Crippen LogP contribution in [-0.2, 0) is 80.6 Å². The lowest BCUT2D eigenvalue weighted by atomic mass is 9.56. The van der Waals surface area contributed by atoms with Crippen molar-refractivity contribution < 1.29 is 14.4 Å². The van der Waals surface area contributed by atoms with Crippen LogP contribution in [0.1, 0.15) is 249 Å². The van der Waals surface area contributed by atoms with Crippen LogP contribution in [-0.4, -0.2) is 292 Å². The summed E-state index contributed by atoms with van der Waals surface area (Å²) in [4.78, 5) is 68.1. The van der Waals surface area contributed by atoms with Crippen molar-refractivity contribution in [3.8, 4) is 0 Å². The standard InChI is InChI=1S/C25H31N3O.C22H30N2O.C22H32N2O.C21H30N2.C20H29N3S.C19H28N2/c1-18-9-10-19-16-23-22-17-28(24(29)26-20-7-4-3-5-8-20)14-12-25(22,21(19)15-18)11-6-13-27(23)2;1-15-4-5-17-13-20-19-14-24(21(25)16-6-7-16)11-9-22(19,18(17)12-15)8-3-10-23(20)2;1-15(2)21(25)24-11-9-22-8-5-10-23(4)20(19(22)14-24)13-17-7-6-16(3)12-18(17)22;1-15(2)23-11-9-21-8-5-10-22(4)20(19(21)14-23)13-17-7-6-16(3)12-18(17)21;1-14-5-6-15-12-18-17-13-23(19(24)21-2)10-8-20(17,16(15)11-14)7-4-9-22(18)3;1-14-5-6-15-12-18-17-13-20(2)10-8-19(17,16(15)11-14)7-4-9-21(18)3/h3-5,7-10,15,22-23H,6,11-14,16-17H2,1-2H3,(H,26,29);4-5,12,16,19-20H,3,6-11,13-14H2,1-2H3;6-7,12,15,19-20H,5,8-11,13-14H2,1-4H3;6-7,12,19-20H,1,5,8-11,13-14H2,2-4H3;5-6,11,17-18H,4,7-10,12-13H2,1-3H3,(H,21,24);5-6,11,17-18H,4,7-10,12-13H2,1-3H3/t22-,23+,25+;2*19-,20+,22+;19-,20+,21+;17-,18+,20+;17-,18+,19+/m000000/s1. The molecule has 2 N–H and O–H groups in total. The molecule has 12 saturated heterocycles. The van der Waals surface area contributed by atoms with Crippen molar-refractivity contribution in [3.05, 3.63) is 252 Å². The van der Waals surface area contributed by atoms with Crippen LogP contribution in [0.2, 0.25) is 0 Å². The first kappa shape index (κ1) is 104. The molecule has 147 heavy (non-hydrogen) atoms. The number of rotatable bonds is 4. The molecule has 0 unspecified atom stereocenters. The van der Waals surface area contributed by atoms with Crippen LogP contribution >= 0.6 is 12.2 Å². The Hall–Kier alpha value is -8.30. The Balaban J connectivity index is 0.000000104. The summed E-state index contributed by atoms with van der Waals surface area (Å²) in [7, 11) is 18.2. The van der Waals surface area contributed by atoms with E-state index in [-0.39, 0.29) is 22.8 Å². The van der Waals surface area contributed by atoms with E-state index in [1.165, 1.54) is 219 Å². The van der Waals surface area contributed by atoms with E-state index in [9.17, 15) is 14.4 Å². The van der Waals surface area contributed by atoms with Gasteiger partial charge in [-0.15, -0.1) is 0 Å². The van der Waals surface area contributed by atoms with E-state index in [2.05, 4.69) is 283 Å². The van der Waals surface area contributed by atoms with Gasteiger partial charge in [0.05, 0.1) is 0 Å². The van der Waals surface area contributed by atoms with Gasteiger partial charge in [0.2, 0.25) is 11.8 Å². The quantitative estimate of drug-likeness (QED) is 0.163. The molecule has 18 atom stereocenters. The van der Waals surface area contributed by atoms with Gasteiger partial charge < -0.3 is 69.4 Å². The predicted octanol–water partition coefficient (Wildman–Crippen LogP) is 20.2. The first-order valence-electron chi connectivity index (χ1n) is 58.3. The topological polar surface area (TPSA) is 114 Å². The third-order valence-corrected chi connectivity index (χ3v) is 43.2. The van der Waals surface area contributed by atoms with E-state index in [4.69, 9.17) is 12.2 Å². The number of fused-ring (bicyclic) bond motifs is 6. The Morgan fingerprint density at radius 1 is 0.333 bits per heavy atom. The maximum absolute atomic E-state index is 13.0. The molecule has 17 nitrogen and oxygen atoms in total. The van der Waals surface area contributed by atoms with Gasteiger partial charge in [-0.05, 0) is 408 Å². The molecule has 0 spiro atoms. The number of nitrogens with zero attached hydrogens (tertiary/aromatic N) is 12. The number of likely N-dealkylation sites (tertiary alicyclic amines) is 12. The SMILES string of the molecule is C=C(C)N1CC[C@]23CCCN(C)[C@H](Cc4ccc(C)cc42)[C@@H]3C1.CNC(=S)N1CC[C@]23CCCN(C)[C@H](Cc4ccc(C)cc42)[C@@H]3C1.Cc1ccc2c(c1)[C@]13CCCN(C)[C@H](C2)[C@@H]1CN(C(=O)C(C)C)CC3.Cc1ccc2c(c1)[C@]13CCCN(C)[C@H](C2)[C@@H]1CN(C(=O)C1CC1)CC3.Cc1ccc2c(c1)[C@]13CCCN(C)[C@H](C2)[C@@H]1CN(C(=O)Nc1ccccc1)CC3.Cc1ccc2c(c1)[C@]13CCCN(C)[C@H](C2)[C@@H]1CN(C)CC3. The van der Waals surface area contributed by atoms with Gasteiger partial charge in [0.1, 0.15) is 0 Å². The van der Waals surface area contributed by atoms with Crippen LogP contribution in [0.25, 0.3) is 0 Å². The summed E-state index contributed by atoms with van der Waals surface area (Å²) in [6, 6.07) is 56.6. The summed E-state index contributed by atoms with van der Waals surface area (Å²) in [6.45, 7) is 43.8. The maximum atomic E-state index is 13.0. The highest BCUT2D eigenvalue weighted by molar-refractivity contribution is 7.80. The van der Waals surface area contributed by atoms with Crippen molar-refractivity contribution >= 4 is 40.9 Å². The molecule has 12 aliphatic heterocycles. The number of allylic oxidation sites excluding steroid dienone is 1. The number of carbonyl (C=O) groups is 3. The highest BCUT2D eigenvalue weighted by Gasteiger charge is 2.61. The van der Waals surface area contributed by atoms with E-state index in [0.717, 1.165) is 139 Å². The summed E-state index contributed by atoms with van der Waals surface area (Å²) in [5, 5.41) is 7.21. The number of para-hydroxylation sites is 1. The Morgan fingerprint density at radius 3 is 0.905 bits per heavy atom. The molecule has 790 valence electrons. The Morgan fingerprint density at radius 2 is 0.599 bits per heavy atom. The van der Waals surface area contributed by atoms with Crippen molar-refractivity contribution in [2.75, 3.05) is 180 Å². The molecule has 13 fully saturated rings. The normalized spacial score (nSPS) is 32.9. The van der Waals surface area contributed by atoms with Gasteiger partial charge in [0.15, 0.2) is 5.11 Å². The van der Waals surface area contributed by atoms with Gasteiger partial charge in [-0.2, -0.15) is 0 Å². The smallest absolute Gasteiger partial charge is 0.321 e. The van der Waals surface area contributed by atoms with Crippen molar-refractivity contribution in [2.24, 2.45) is 47.3 Å². The van der Waals surface area contributed by atoms with Crippen LogP contribution in [0.5, 0.6) is 0 Å².